The van der Waals surface area contributed by atoms with Crippen molar-refractivity contribution >= 4 is 5.95 Å². The fraction of sp³-hybridized carbons (Fsp3) is 0.389. The van der Waals surface area contributed by atoms with Crippen molar-refractivity contribution < 1.29 is 13.8 Å². The first-order valence-corrected chi connectivity index (χ1v) is 8.59. The highest BCUT2D eigenvalue weighted by molar-refractivity contribution is 5.44. The van der Waals surface area contributed by atoms with Crippen LogP contribution in [0.25, 0.3) is 5.69 Å². The first-order valence-electron chi connectivity index (χ1n) is 8.59. The average Bonchev–Trinajstić information content (AvgIpc) is 2.73. The molecule has 1 aromatic carbocycles. The quantitative estimate of drug-likeness (QED) is 0.776. The Balaban J connectivity index is 2.17. The van der Waals surface area contributed by atoms with Crippen LogP contribution in [0.2, 0.25) is 0 Å². The molecule has 0 unspecified atom stereocenters. The number of hydrogen-bond donors (Lipinski definition) is 0. The maximum atomic E-state index is 12.1. The number of aromatic nitrogens is 2. The van der Waals surface area contributed by atoms with Crippen LogP contribution in [0.5, 0.6) is 0 Å². The Labute approximate surface area is 155 Å². The summed E-state index contributed by atoms with van der Waals surface area (Å²) in [5.74, 6) is 0.162. The molecule has 9 heteroatoms. The van der Waals surface area contributed by atoms with Gasteiger partial charge in [0.15, 0.2) is 0 Å². The van der Waals surface area contributed by atoms with Crippen LogP contribution in [0.3, 0.4) is 0 Å². The molecule has 1 aliphatic heterocycles. The van der Waals surface area contributed by atoms with E-state index in [9.17, 15) is 9.59 Å². The van der Waals surface area contributed by atoms with Gasteiger partial charge in [-0.2, -0.15) is 0 Å². The third kappa shape index (κ3) is 4.83. The molecule has 0 N–H and O–H groups in total. The molecule has 0 radical (unpaired) electrons. The van der Waals surface area contributed by atoms with Crippen LogP contribution < -0.4 is 16.2 Å². The van der Waals surface area contributed by atoms with Gasteiger partial charge in [-0.3, -0.25) is 4.90 Å². The van der Waals surface area contributed by atoms with Crippen LogP contribution in [-0.4, -0.2) is 55.2 Å². The second-order valence-corrected chi connectivity index (χ2v) is 6.25. The summed E-state index contributed by atoms with van der Waals surface area (Å²) in [6, 6.07) is 9.53. The van der Waals surface area contributed by atoms with Crippen molar-refractivity contribution in [2.24, 2.45) is 0 Å². The van der Waals surface area contributed by atoms with E-state index in [4.69, 9.17) is 13.8 Å². The smallest absolute Gasteiger partial charge is 0.359 e. The number of para-hydroxylation sites is 1. The van der Waals surface area contributed by atoms with Crippen LogP contribution in [0.1, 0.15) is 5.56 Å². The number of rotatable bonds is 4. The molecular weight excluding hydrogens is 352 g/mol. The lowest BCUT2D eigenvalue weighted by Crippen LogP contribution is -2.36. The molecule has 27 heavy (non-hydrogen) atoms. The lowest BCUT2D eigenvalue weighted by molar-refractivity contribution is 0.0341. The van der Waals surface area contributed by atoms with Gasteiger partial charge in [0.05, 0.1) is 18.9 Å². The number of benzene rings is 1. The van der Waals surface area contributed by atoms with Gasteiger partial charge in [-0.1, -0.05) is 18.2 Å². The summed E-state index contributed by atoms with van der Waals surface area (Å²) in [6.45, 7) is 3.67. The molecule has 0 amide bonds. The number of anilines is 1. The van der Waals surface area contributed by atoms with Crippen LogP contribution in [0.4, 0.5) is 5.95 Å². The van der Waals surface area contributed by atoms with Crippen molar-refractivity contribution in [3.8, 4) is 5.69 Å². The molecule has 1 aromatic heterocycles. The van der Waals surface area contributed by atoms with Gasteiger partial charge in [-0.15, -0.1) is 4.74 Å². The highest BCUT2D eigenvalue weighted by Crippen LogP contribution is 2.20. The average molecular weight is 374 g/mol. The maximum absolute atomic E-state index is 12.1. The lowest BCUT2D eigenvalue weighted by Gasteiger charge is -2.27. The number of ether oxygens (including phenoxy) is 1. The standard InChI is InChI=1S/C18H22N4O5/c1-20(2)18-19-26-16(23)7-8-17(24)27-22(18)15-6-4-3-5-14(15)13-21-9-11-25-12-10-21/h3-8H,9-13H2,1-2H3. The molecule has 0 atom stereocenters. The minimum Gasteiger partial charge on any atom is -0.379 e. The molecule has 2 aromatic rings. The van der Waals surface area contributed by atoms with E-state index in [0.29, 0.717) is 25.4 Å². The largest absolute Gasteiger partial charge is 0.379 e. The summed E-state index contributed by atoms with van der Waals surface area (Å²) >= 11 is 0. The molecule has 0 bridgehead atoms. The Morgan fingerprint density at radius 1 is 1.04 bits per heavy atom. The van der Waals surface area contributed by atoms with E-state index >= 15 is 0 Å². The first-order chi connectivity index (χ1) is 13.0. The van der Waals surface area contributed by atoms with E-state index in [-0.39, 0.29) is 5.95 Å². The molecular formula is C18H22N4O5. The molecule has 1 fully saturated rings. The van der Waals surface area contributed by atoms with Crippen molar-refractivity contribution in [1.82, 2.24) is 14.8 Å². The monoisotopic (exact) mass is 374 g/mol. The third-order valence-corrected chi connectivity index (χ3v) is 4.04. The summed E-state index contributed by atoms with van der Waals surface area (Å²) in [4.78, 5) is 27.6. The van der Waals surface area contributed by atoms with Gasteiger partial charge in [-0.05, 0) is 16.8 Å². The molecule has 9 nitrogen and oxygen atoms in total. The van der Waals surface area contributed by atoms with Gasteiger partial charge < -0.3 is 18.7 Å². The highest BCUT2D eigenvalue weighted by atomic mass is 16.5. The van der Waals surface area contributed by atoms with Crippen molar-refractivity contribution in [2.45, 2.75) is 6.54 Å². The van der Waals surface area contributed by atoms with Crippen LogP contribution in [-0.2, 0) is 11.3 Å². The minimum atomic E-state index is -0.755. The minimum absolute atomic E-state index is 0.162. The zero-order chi connectivity index (χ0) is 19.2. The van der Waals surface area contributed by atoms with E-state index in [1.807, 2.05) is 24.3 Å². The molecule has 3 rings (SSSR count). The van der Waals surface area contributed by atoms with E-state index < -0.39 is 11.3 Å². The SMILES string of the molecule is CN(C)c1noc(=O)ccc(=O)on1-c1ccccc1CN1CCOCC1. The Morgan fingerprint density at radius 3 is 2.48 bits per heavy atom. The summed E-state index contributed by atoms with van der Waals surface area (Å²) in [5.41, 5.74) is 0.117. The van der Waals surface area contributed by atoms with Crippen molar-refractivity contribution in [3.63, 3.8) is 0 Å². The summed E-state index contributed by atoms with van der Waals surface area (Å²) in [7, 11) is 3.42. The second kappa shape index (κ2) is 8.65. The molecule has 0 aliphatic carbocycles. The van der Waals surface area contributed by atoms with Crippen molar-refractivity contribution in [1.29, 1.82) is 0 Å². The number of morpholine rings is 1. The van der Waals surface area contributed by atoms with E-state index in [2.05, 4.69) is 10.1 Å². The van der Waals surface area contributed by atoms with Crippen LogP contribution in [0, 0.1) is 0 Å². The fourth-order valence-electron chi connectivity index (χ4n) is 2.71. The predicted molar refractivity (Wildman–Crippen MR) is 98.7 cm³/mol. The Bertz CT molecular complexity index is 939. The Morgan fingerprint density at radius 2 is 1.74 bits per heavy atom. The zero-order valence-corrected chi connectivity index (χ0v) is 15.3. The fourth-order valence-corrected chi connectivity index (χ4v) is 2.71. The summed E-state index contributed by atoms with van der Waals surface area (Å²) in [5, 5.41) is 3.86. The van der Waals surface area contributed by atoms with Crippen LogP contribution >= 0.6 is 0 Å². The maximum Gasteiger partial charge on any atom is 0.359 e. The molecule has 2 heterocycles. The van der Waals surface area contributed by atoms with Crippen LogP contribution in [0.15, 0.2) is 55.0 Å². The summed E-state index contributed by atoms with van der Waals surface area (Å²) in [6.07, 6.45) is 0. The highest BCUT2D eigenvalue weighted by Gasteiger charge is 2.16. The van der Waals surface area contributed by atoms with Gasteiger partial charge in [0, 0.05) is 45.9 Å². The Hall–Kier alpha value is -2.91. The molecule has 1 saturated heterocycles. The third-order valence-electron chi connectivity index (χ3n) is 4.04. The second-order valence-electron chi connectivity index (χ2n) is 6.25. The van der Waals surface area contributed by atoms with Gasteiger partial charge in [0.1, 0.15) is 0 Å². The molecule has 144 valence electrons. The van der Waals surface area contributed by atoms with Gasteiger partial charge in [-0.25, -0.2) is 9.59 Å². The number of hydrogen-bond acceptors (Lipinski definition) is 8. The first kappa shape index (κ1) is 18.9. The molecule has 0 saturated carbocycles. The summed E-state index contributed by atoms with van der Waals surface area (Å²) < 4.78 is 17.0. The Kier molecular flexibility index (Phi) is 6.05. The van der Waals surface area contributed by atoms with Gasteiger partial charge in [0.25, 0.3) is 5.95 Å². The zero-order valence-electron chi connectivity index (χ0n) is 15.3. The van der Waals surface area contributed by atoms with Gasteiger partial charge in [0.2, 0.25) is 0 Å². The molecule has 1 aliphatic rings. The molecule has 0 spiro atoms. The van der Waals surface area contributed by atoms with E-state index in [0.717, 1.165) is 30.8 Å². The van der Waals surface area contributed by atoms with Gasteiger partial charge >= 0.3 is 11.3 Å². The number of nitrogens with zero attached hydrogens (tertiary/aromatic N) is 4. The predicted octanol–water partition coefficient (Wildman–Crippen LogP) is 0.801. The topological polar surface area (TPSA) is 94.0 Å². The normalized spacial score (nSPS) is 14.6. The van der Waals surface area contributed by atoms with Crippen molar-refractivity contribution in [2.75, 3.05) is 45.3 Å². The van der Waals surface area contributed by atoms with E-state index in [1.54, 1.807) is 19.0 Å². The van der Waals surface area contributed by atoms with Crippen molar-refractivity contribution in [3.05, 3.63) is 62.8 Å². The lowest BCUT2D eigenvalue weighted by atomic mass is 10.1. The van der Waals surface area contributed by atoms with E-state index in [1.165, 1.54) is 4.74 Å².